The predicted octanol–water partition coefficient (Wildman–Crippen LogP) is 3.48. The van der Waals surface area contributed by atoms with Gasteiger partial charge in [-0.3, -0.25) is 4.79 Å². The van der Waals surface area contributed by atoms with Crippen LogP contribution in [0.1, 0.15) is 36.7 Å². The highest BCUT2D eigenvalue weighted by Gasteiger charge is 2.30. The molecule has 1 aromatic carbocycles. The van der Waals surface area contributed by atoms with E-state index in [-0.39, 0.29) is 23.4 Å². The maximum Gasteiger partial charge on any atom is 0.416 e. The van der Waals surface area contributed by atoms with E-state index in [2.05, 4.69) is 5.32 Å². The quantitative estimate of drug-likeness (QED) is 0.884. The van der Waals surface area contributed by atoms with Crippen LogP contribution in [0.3, 0.4) is 0 Å². The maximum absolute atomic E-state index is 12.3. The first-order chi connectivity index (χ1) is 8.21. The first-order valence-corrected chi connectivity index (χ1v) is 5.70. The molecule has 1 aromatic rings. The zero-order valence-electron chi connectivity index (χ0n) is 10.5. The second-order valence-electron chi connectivity index (χ2n) is 4.58. The van der Waals surface area contributed by atoms with Gasteiger partial charge < -0.3 is 5.32 Å². The molecule has 0 spiro atoms. The molecule has 0 unspecified atom stereocenters. The Labute approximate surface area is 104 Å². The van der Waals surface area contributed by atoms with Crippen LogP contribution >= 0.6 is 0 Å². The standard InChI is InChI=1S/C13H16F3NO/c1-8(2)9(3)17-12(18)10-4-6-11(7-5-10)13(14,15)16/h4-9H,1-3H3,(H,17,18)/t9-/m0/s1. The Bertz CT molecular complexity index is 409. The molecule has 0 aliphatic carbocycles. The lowest BCUT2D eigenvalue weighted by Gasteiger charge is -2.17. The molecule has 5 heteroatoms. The summed E-state index contributed by atoms with van der Waals surface area (Å²) in [5.74, 6) is -0.0895. The molecule has 0 aromatic heterocycles. The fraction of sp³-hybridized carbons (Fsp3) is 0.462. The van der Waals surface area contributed by atoms with E-state index in [1.165, 1.54) is 12.1 Å². The van der Waals surface area contributed by atoms with Gasteiger partial charge in [0.25, 0.3) is 5.91 Å². The molecule has 1 rings (SSSR count). The van der Waals surface area contributed by atoms with Crippen molar-refractivity contribution in [2.75, 3.05) is 0 Å². The van der Waals surface area contributed by atoms with Crippen LogP contribution in [0.25, 0.3) is 0 Å². The van der Waals surface area contributed by atoms with Gasteiger partial charge in [0, 0.05) is 11.6 Å². The van der Waals surface area contributed by atoms with Gasteiger partial charge in [-0.15, -0.1) is 0 Å². The molecule has 100 valence electrons. The SMILES string of the molecule is CC(C)[C@H](C)NC(=O)c1ccc(C(F)(F)F)cc1. The summed E-state index contributed by atoms with van der Waals surface area (Å²) in [4.78, 5) is 11.7. The van der Waals surface area contributed by atoms with Crippen LogP contribution in [-0.4, -0.2) is 11.9 Å². The van der Waals surface area contributed by atoms with E-state index in [4.69, 9.17) is 0 Å². The molecule has 2 nitrogen and oxygen atoms in total. The largest absolute Gasteiger partial charge is 0.416 e. The Morgan fingerprint density at radius 3 is 2.00 bits per heavy atom. The number of carbonyl (C=O) groups is 1. The van der Waals surface area contributed by atoms with Crippen LogP contribution in [-0.2, 0) is 6.18 Å². The van der Waals surface area contributed by atoms with Crippen LogP contribution in [0.15, 0.2) is 24.3 Å². The van der Waals surface area contributed by atoms with Crippen molar-refractivity contribution in [1.82, 2.24) is 5.32 Å². The van der Waals surface area contributed by atoms with E-state index in [0.717, 1.165) is 12.1 Å². The highest BCUT2D eigenvalue weighted by molar-refractivity contribution is 5.94. The minimum Gasteiger partial charge on any atom is -0.349 e. The Balaban J connectivity index is 2.77. The van der Waals surface area contributed by atoms with Crippen LogP contribution in [0.4, 0.5) is 13.2 Å². The zero-order valence-corrected chi connectivity index (χ0v) is 10.5. The molecule has 1 amide bonds. The number of amides is 1. The maximum atomic E-state index is 12.3. The van der Waals surface area contributed by atoms with E-state index < -0.39 is 11.7 Å². The van der Waals surface area contributed by atoms with Crippen molar-refractivity contribution < 1.29 is 18.0 Å². The van der Waals surface area contributed by atoms with Gasteiger partial charge in [0.15, 0.2) is 0 Å². The highest BCUT2D eigenvalue weighted by atomic mass is 19.4. The van der Waals surface area contributed by atoms with Gasteiger partial charge in [0.05, 0.1) is 5.56 Å². The van der Waals surface area contributed by atoms with Crippen molar-refractivity contribution in [3.8, 4) is 0 Å². The molecule has 0 aliphatic heterocycles. The minimum absolute atomic E-state index is 0.0280. The van der Waals surface area contributed by atoms with Crippen LogP contribution < -0.4 is 5.32 Å². The van der Waals surface area contributed by atoms with Crippen molar-refractivity contribution in [2.45, 2.75) is 33.0 Å². The lowest BCUT2D eigenvalue weighted by Crippen LogP contribution is -2.36. The summed E-state index contributed by atoms with van der Waals surface area (Å²) < 4.78 is 37.0. The Morgan fingerprint density at radius 2 is 1.61 bits per heavy atom. The molecule has 0 saturated heterocycles. The molecule has 1 atom stereocenters. The Morgan fingerprint density at radius 1 is 1.11 bits per heavy atom. The average molecular weight is 259 g/mol. The zero-order chi connectivity index (χ0) is 13.9. The minimum atomic E-state index is -4.37. The summed E-state index contributed by atoms with van der Waals surface area (Å²) in [6.45, 7) is 5.77. The van der Waals surface area contributed by atoms with E-state index in [1.54, 1.807) is 0 Å². The molecule has 0 bridgehead atoms. The lowest BCUT2D eigenvalue weighted by atomic mass is 10.1. The molecule has 0 saturated carbocycles. The van der Waals surface area contributed by atoms with Crippen LogP contribution in [0, 0.1) is 5.92 Å². The number of carbonyl (C=O) groups excluding carboxylic acids is 1. The van der Waals surface area contributed by atoms with E-state index in [1.807, 2.05) is 20.8 Å². The molecule has 0 radical (unpaired) electrons. The second kappa shape index (κ2) is 5.42. The summed E-state index contributed by atoms with van der Waals surface area (Å²) in [7, 11) is 0. The lowest BCUT2D eigenvalue weighted by molar-refractivity contribution is -0.137. The van der Waals surface area contributed by atoms with Crippen molar-refractivity contribution >= 4 is 5.91 Å². The predicted molar refractivity (Wildman–Crippen MR) is 63.2 cm³/mol. The molecule has 0 fully saturated rings. The Hall–Kier alpha value is -1.52. The van der Waals surface area contributed by atoms with Gasteiger partial charge in [0.1, 0.15) is 0 Å². The monoisotopic (exact) mass is 259 g/mol. The molecule has 0 heterocycles. The third-order valence-corrected chi connectivity index (χ3v) is 2.83. The number of rotatable bonds is 3. The van der Waals surface area contributed by atoms with E-state index in [0.29, 0.717) is 0 Å². The fourth-order valence-electron chi connectivity index (χ4n) is 1.27. The number of nitrogens with one attached hydrogen (secondary N) is 1. The van der Waals surface area contributed by atoms with Gasteiger partial charge in [-0.1, -0.05) is 13.8 Å². The second-order valence-corrected chi connectivity index (χ2v) is 4.58. The summed E-state index contributed by atoms with van der Waals surface area (Å²) >= 11 is 0. The molecule has 18 heavy (non-hydrogen) atoms. The third kappa shape index (κ3) is 3.75. The number of alkyl halides is 3. The van der Waals surface area contributed by atoms with Crippen molar-refractivity contribution in [1.29, 1.82) is 0 Å². The van der Waals surface area contributed by atoms with Crippen molar-refractivity contribution in [3.05, 3.63) is 35.4 Å². The number of hydrogen-bond donors (Lipinski definition) is 1. The number of halogens is 3. The molecule has 0 aliphatic rings. The van der Waals surface area contributed by atoms with Gasteiger partial charge in [0.2, 0.25) is 0 Å². The topological polar surface area (TPSA) is 29.1 Å². The Kier molecular flexibility index (Phi) is 4.38. The smallest absolute Gasteiger partial charge is 0.349 e. The van der Waals surface area contributed by atoms with Crippen molar-refractivity contribution in [2.24, 2.45) is 5.92 Å². The fourth-order valence-corrected chi connectivity index (χ4v) is 1.27. The molecule has 1 N–H and O–H groups in total. The summed E-state index contributed by atoms with van der Waals surface area (Å²) in [5, 5.41) is 2.73. The van der Waals surface area contributed by atoms with E-state index >= 15 is 0 Å². The highest BCUT2D eigenvalue weighted by Crippen LogP contribution is 2.29. The van der Waals surface area contributed by atoms with Gasteiger partial charge in [-0.25, -0.2) is 0 Å². The number of benzene rings is 1. The summed E-state index contributed by atoms with van der Waals surface area (Å²) in [6.07, 6.45) is -4.37. The molecular formula is C13H16F3NO. The normalized spacial score (nSPS) is 13.5. The van der Waals surface area contributed by atoms with Crippen LogP contribution in [0.5, 0.6) is 0 Å². The summed E-state index contributed by atoms with van der Waals surface area (Å²) in [6, 6.07) is 4.17. The van der Waals surface area contributed by atoms with Crippen LogP contribution in [0.2, 0.25) is 0 Å². The molecular weight excluding hydrogens is 243 g/mol. The van der Waals surface area contributed by atoms with Gasteiger partial charge in [-0.05, 0) is 37.1 Å². The van der Waals surface area contributed by atoms with E-state index in [9.17, 15) is 18.0 Å². The first-order valence-electron chi connectivity index (χ1n) is 5.70. The van der Waals surface area contributed by atoms with Gasteiger partial charge in [-0.2, -0.15) is 13.2 Å². The summed E-state index contributed by atoms with van der Waals surface area (Å²) in [5.41, 5.74) is -0.522. The number of hydrogen-bond acceptors (Lipinski definition) is 1. The average Bonchev–Trinajstić information content (AvgIpc) is 2.27. The van der Waals surface area contributed by atoms with Gasteiger partial charge >= 0.3 is 6.18 Å². The first kappa shape index (κ1) is 14.5. The third-order valence-electron chi connectivity index (χ3n) is 2.83. The van der Waals surface area contributed by atoms with Crippen molar-refractivity contribution in [3.63, 3.8) is 0 Å².